The number of nitrogens with one attached hydrogen (secondary N) is 3. The summed E-state index contributed by atoms with van der Waals surface area (Å²) >= 11 is 0. The molecule has 0 radical (unpaired) electrons. The lowest BCUT2D eigenvalue weighted by Gasteiger charge is -2.53. The number of fused-ring (bicyclic) bond motifs is 1. The molecule has 3 fully saturated rings. The number of pyridine rings is 1. The summed E-state index contributed by atoms with van der Waals surface area (Å²) in [7, 11) is 1.75. The third-order valence-electron chi connectivity index (χ3n) is 7.31. The quantitative estimate of drug-likeness (QED) is 0.428. The first kappa shape index (κ1) is 21.1. The zero-order valence-electron chi connectivity index (χ0n) is 18.8. The maximum Gasteiger partial charge on any atom is 0.274 e. The van der Waals surface area contributed by atoms with E-state index in [4.69, 9.17) is 4.74 Å². The lowest BCUT2D eigenvalue weighted by Crippen LogP contribution is -2.53. The molecule has 3 aromatic rings. The van der Waals surface area contributed by atoms with Crippen molar-refractivity contribution >= 4 is 28.9 Å². The minimum Gasteiger partial charge on any atom is -0.391 e. The fraction of sp³-hybridized carbons (Fsp3) is 0.478. The van der Waals surface area contributed by atoms with Crippen LogP contribution in [-0.4, -0.2) is 62.6 Å². The second-order valence-corrected chi connectivity index (χ2v) is 9.61. The van der Waals surface area contributed by atoms with Gasteiger partial charge in [-0.2, -0.15) is 9.61 Å². The van der Waals surface area contributed by atoms with Crippen molar-refractivity contribution in [1.29, 1.82) is 0 Å². The third-order valence-corrected chi connectivity index (χ3v) is 7.31. The van der Waals surface area contributed by atoms with Crippen LogP contribution in [0, 0.1) is 5.41 Å². The lowest BCUT2D eigenvalue weighted by molar-refractivity contribution is -0.174. The number of hydrogen-bond acceptors (Lipinski definition) is 8. The van der Waals surface area contributed by atoms with Gasteiger partial charge in [0.1, 0.15) is 22.9 Å². The smallest absolute Gasteiger partial charge is 0.274 e. The molecule has 0 unspecified atom stereocenters. The standard InChI is InChI=1S/C23H27N7O4/c1-24-19-7-18(28-20-14(10-25-30(19)20)21(32)27-15-4-5-17(15)31)26-16-3-2-6-29(22(16)33)13-8-23(9-13)11-34-12-23/h2-3,6-7,10,13,15,17,24,31H,4-5,8-9,11-12H2,1H3,(H,26,28)(H,27,32)/t15-,17+/m0/s1. The number of anilines is 3. The molecule has 2 saturated carbocycles. The largest absolute Gasteiger partial charge is 0.391 e. The number of nitrogens with zero attached hydrogens (tertiary/aromatic N) is 4. The van der Waals surface area contributed by atoms with Gasteiger partial charge in [-0.05, 0) is 37.8 Å². The van der Waals surface area contributed by atoms with Crippen molar-refractivity contribution in [2.75, 3.05) is 30.9 Å². The summed E-state index contributed by atoms with van der Waals surface area (Å²) in [6.07, 6.45) is 6.09. The van der Waals surface area contributed by atoms with Gasteiger partial charge in [-0.1, -0.05) is 0 Å². The van der Waals surface area contributed by atoms with E-state index in [0.29, 0.717) is 35.0 Å². The Kier molecular flexibility index (Phi) is 4.85. The highest BCUT2D eigenvalue weighted by atomic mass is 16.5. The molecule has 0 bridgehead atoms. The number of amides is 1. The molecule has 1 spiro atoms. The first-order chi connectivity index (χ1) is 16.5. The topological polar surface area (TPSA) is 135 Å². The maximum atomic E-state index is 13.2. The summed E-state index contributed by atoms with van der Waals surface area (Å²) in [4.78, 5) is 30.6. The Morgan fingerprint density at radius 3 is 2.76 bits per heavy atom. The summed E-state index contributed by atoms with van der Waals surface area (Å²) in [5.74, 6) is 0.686. The van der Waals surface area contributed by atoms with Gasteiger partial charge in [0.2, 0.25) is 0 Å². The number of aromatic nitrogens is 4. The van der Waals surface area contributed by atoms with Crippen molar-refractivity contribution in [2.24, 2.45) is 5.41 Å². The molecule has 3 aromatic heterocycles. The Labute approximate surface area is 195 Å². The van der Waals surface area contributed by atoms with Crippen LogP contribution in [0.1, 0.15) is 42.1 Å². The number of rotatable bonds is 6. The van der Waals surface area contributed by atoms with E-state index in [9.17, 15) is 14.7 Å². The Hall–Kier alpha value is -3.44. The molecule has 6 rings (SSSR count). The van der Waals surface area contributed by atoms with Gasteiger partial charge in [-0.3, -0.25) is 9.59 Å². The first-order valence-corrected chi connectivity index (χ1v) is 11.6. The van der Waals surface area contributed by atoms with Crippen LogP contribution in [0.4, 0.5) is 17.3 Å². The number of aliphatic hydroxyl groups excluding tert-OH is 1. The number of carbonyl (C=O) groups is 1. The van der Waals surface area contributed by atoms with Gasteiger partial charge in [-0.25, -0.2) is 4.98 Å². The average Bonchev–Trinajstić information content (AvgIpc) is 3.20. The number of hydrogen-bond donors (Lipinski definition) is 4. The predicted molar refractivity (Wildman–Crippen MR) is 125 cm³/mol. The van der Waals surface area contributed by atoms with E-state index in [2.05, 4.69) is 26.0 Å². The Morgan fingerprint density at radius 1 is 1.29 bits per heavy atom. The maximum absolute atomic E-state index is 13.2. The van der Waals surface area contributed by atoms with E-state index in [-0.39, 0.29) is 29.0 Å². The molecule has 1 amide bonds. The molecule has 4 N–H and O–H groups in total. The fourth-order valence-electron chi connectivity index (χ4n) is 5.06. The summed E-state index contributed by atoms with van der Waals surface area (Å²) in [5, 5.41) is 23.1. The highest BCUT2D eigenvalue weighted by Gasteiger charge is 2.50. The molecular weight excluding hydrogens is 438 g/mol. The van der Waals surface area contributed by atoms with Gasteiger partial charge in [0.25, 0.3) is 11.5 Å². The molecule has 1 aliphatic heterocycles. The van der Waals surface area contributed by atoms with Crippen molar-refractivity contribution in [1.82, 2.24) is 24.5 Å². The van der Waals surface area contributed by atoms with Crippen molar-refractivity contribution < 1.29 is 14.6 Å². The molecular formula is C23H27N7O4. The molecule has 11 nitrogen and oxygen atoms in total. The van der Waals surface area contributed by atoms with Crippen molar-refractivity contribution in [3.05, 3.63) is 46.5 Å². The zero-order valence-corrected chi connectivity index (χ0v) is 18.8. The van der Waals surface area contributed by atoms with E-state index < -0.39 is 6.10 Å². The van der Waals surface area contributed by atoms with Gasteiger partial charge in [-0.15, -0.1) is 0 Å². The Bertz CT molecular complexity index is 1320. The zero-order chi connectivity index (χ0) is 23.4. The van der Waals surface area contributed by atoms with E-state index in [1.165, 1.54) is 10.7 Å². The van der Waals surface area contributed by atoms with Crippen LogP contribution in [0.3, 0.4) is 0 Å². The van der Waals surface area contributed by atoms with Crippen molar-refractivity contribution in [3.63, 3.8) is 0 Å². The van der Waals surface area contributed by atoms with Gasteiger partial charge in [0.05, 0.1) is 31.6 Å². The second-order valence-electron chi connectivity index (χ2n) is 9.61. The predicted octanol–water partition coefficient (Wildman–Crippen LogP) is 1.28. The van der Waals surface area contributed by atoms with Gasteiger partial charge in [0.15, 0.2) is 5.65 Å². The van der Waals surface area contributed by atoms with Crippen molar-refractivity contribution in [3.8, 4) is 0 Å². The average molecular weight is 466 g/mol. The molecule has 34 heavy (non-hydrogen) atoms. The van der Waals surface area contributed by atoms with Crippen LogP contribution in [-0.2, 0) is 4.74 Å². The molecule has 178 valence electrons. The molecule has 1 saturated heterocycles. The van der Waals surface area contributed by atoms with E-state index in [1.807, 2.05) is 12.3 Å². The normalized spacial score (nSPS) is 23.1. The molecule has 2 atom stereocenters. The van der Waals surface area contributed by atoms with Crippen LogP contribution in [0.5, 0.6) is 0 Å². The monoisotopic (exact) mass is 465 g/mol. The minimum absolute atomic E-state index is 0.110. The first-order valence-electron chi connectivity index (χ1n) is 11.6. The van der Waals surface area contributed by atoms with Crippen LogP contribution in [0.15, 0.2) is 35.4 Å². The minimum atomic E-state index is -0.522. The van der Waals surface area contributed by atoms with Crippen LogP contribution < -0.4 is 21.5 Å². The summed E-state index contributed by atoms with van der Waals surface area (Å²) < 4.78 is 8.67. The fourth-order valence-corrected chi connectivity index (χ4v) is 5.06. The Balaban J connectivity index is 1.28. The molecule has 4 heterocycles. The second kappa shape index (κ2) is 7.81. The third kappa shape index (κ3) is 3.34. The summed E-state index contributed by atoms with van der Waals surface area (Å²) in [6, 6.07) is 5.23. The van der Waals surface area contributed by atoms with Crippen LogP contribution >= 0.6 is 0 Å². The van der Waals surface area contributed by atoms with Gasteiger partial charge >= 0.3 is 0 Å². The van der Waals surface area contributed by atoms with Crippen LogP contribution in [0.25, 0.3) is 5.65 Å². The summed E-state index contributed by atoms with van der Waals surface area (Å²) in [6.45, 7) is 1.57. The van der Waals surface area contributed by atoms with E-state index in [1.54, 1.807) is 23.7 Å². The molecule has 0 aromatic carbocycles. The highest BCUT2D eigenvalue weighted by Crippen LogP contribution is 2.52. The van der Waals surface area contributed by atoms with E-state index in [0.717, 1.165) is 32.5 Å². The van der Waals surface area contributed by atoms with Crippen LogP contribution in [0.2, 0.25) is 0 Å². The van der Waals surface area contributed by atoms with E-state index >= 15 is 0 Å². The molecule has 3 aliphatic rings. The molecule has 2 aliphatic carbocycles. The summed E-state index contributed by atoms with van der Waals surface area (Å²) in [5.41, 5.74) is 1.21. The van der Waals surface area contributed by atoms with Crippen molar-refractivity contribution in [2.45, 2.75) is 43.9 Å². The van der Waals surface area contributed by atoms with Gasteiger partial charge < -0.3 is 30.4 Å². The Morgan fingerprint density at radius 2 is 2.12 bits per heavy atom. The highest BCUT2D eigenvalue weighted by molar-refractivity contribution is 6.00. The number of aliphatic hydroxyl groups is 1. The number of ether oxygens (including phenoxy) is 1. The van der Waals surface area contributed by atoms with Gasteiger partial charge in [0, 0.05) is 30.8 Å². The molecule has 11 heteroatoms. The number of carbonyl (C=O) groups excluding carboxylic acids is 1. The lowest BCUT2D eigenvalue weighted by atomic mass is 9.64. The SMILES string of the molecule is CNc1cc(Nc2cccn(C3CC4(COC4)C3)c2=O)nc2c(C(=O)N[C@H]3CC[C@H]3O)cnn12.